The summed E-state index contributed by atoms with van der Waals surface area (Å²) in [6.07, 6.45) is 0. The molecule has 2 aliphatic heterocycles. The highest BCUT2D eigenvalue weighted by molar-refractivity contribution is 8.06. The average molecular weight is 437 g/mol. The maximum atomic E-state index is 12.5. The standard InChI is InChI=1S/C18H19N3O6S2/c1-10(22)19-9-29-12-8-28-17-14(16(24)21(17)15(12)18(25)26)20-13(23)7-27-11-5-3-2-4-6-11/h2-6,14,17H,7-9H2,1H3,(H,19,22)(H,20,23)(H,25,26)/t14-,17-/m1/s1. The Hall–Kier alpha value is -2.66. The van der Waals surface area contributed by atoms with Gasteiger partial charge >= 0.3 is 5.97 Å². The van der Waals surface area contributed by atoms with Crippen molar-refractivity contribution in [2.45, 2.75) is 18.3 Å². The number of fused-ring (bicyclic) bond motifs is 1. The monoisotopic (exact) mass is 437 g/mol. The number of carboxylic acids is 1. The zero-order valence-electron chi connectivity index (χ0n) is 15.4. The normalized spacial score (nSPS) is 20.4. The second kappa shape index (κ2) is 9.23. The van der Waals surface area contributed by atoms with Crippen LogP contribution < -0.4 is 15.4 Å². The van der Waals surface area contributed by atoms with Gasteiger partial charge in [-0.05, 0) is 12.1 Å². The Labute approximate surface area is 175 Å². The zero-order valence-corrected chi connectivity index (χ0v) is 17.0. The van der Waals surface area contributed by atoms with Crippen molar-refractivity contribution in [1.29, 1.82) is 0 Å². The predicted molar refractivity (Wildman–Crippen MR) is 108 cm³/mol. The lowest BCUT2D eigenvalue weighted by Gasteiger charge is -2.49. The molecule has 11 heteroatoms. The van der Waals surface area contributed by atoms with Gasteiger partial charge in [-0.15, -0.1) is 23.5 Å². The van der Waals surface area contributed by atoms with Crippen LogP contribution >= 0.6 is 23.5 Å². The van der Waals surface area contributed by atoms with Crippen LogP contribution in [-0.4, -0.2) is 63.3 Å². The number of β-lactam (4-membered cyclic amide) rings is 1. The van der Waals surface area contributed by atoms with Crippen LogP contribution in [0.2, 0.25) is 0 Å². The van der Waals surface area contributed by atoms with Crippen LogP contribution in [0.3, 0.4) is 0 Å². The van der Waals surface area contributed by atoms with Crippen molar-refractivity contribution in [3.05, 3.63) is 40.9 Å². The molecule has 0 unspecified atom stereocenters. The molecule has 0 spiro atoms. The molecule has 0 bridgehead atoms. The molecule has 3 N–H and O–H groups in total. The number of para-hydroxylation sites is 1. The minimum atomic E-state index is -1.22. The molecule has 0 aliphatic carbocycles. The number of hydrogen-bond acceptors (Lipinski definition) is 7. The van der Waals surface area contributed by atoms with E-state index in [9.17, 15) is 24.3 Å². The summed E-state index contributed by atoms with van der Waals surface area (Å²) in [6.45, 7) is 1.12. The number of rotatable bonds is 8. The molecule has 1 saturated heterocycles. The molecule has 9 nitrogen and oxygen atoms in total. The summed E-state index contributed by atoms with van der Waals surface area (Å²) >= 11 is 2.53. The molecule has 2 aliphatic rings. The van der Waals surface area contributed by atoms with E-state index in [4.69, 9.17) is 4.74 Å². The van der Waals surface area contributed by atoms with Crippen LogP contribution in [0.1, 0.15) is 6.92 Å². The largest absolute Gasteiger partial charge is 0.484 e. The lowest BCUT2D eigenvalue weighted by atomic mass is 10.1. The Morgan fingerprint density at radius 1 is 1.31 bits per heavy atom. The third-order valence-electron chi connectivity index (χ3n) is 4.13. The quantitative estimate of drug-likeness (QED) is 0.399. The van der Waals surface area contributed by atoms with Gasteiger partial charge in [-0.3, -0.25) is 19.3 Å². The van der Waals surface area contributed by atoms with Crippen molar-refractivity contribution in [2.75, 3.05) is 18.2 Å². The van der Waals surface area contributed by atoms with Gasteiger partial charge in [0.2, 0.25) is 5.91 Å². The molecule has 3 amide bonds. The van der Waals surface area contributed by atoms with Gasteiger partial charge in [0.05, 0.1) is 5.88 Å². The number of thioether (sulfide) groups is 2. The predicted octanol–water partition coefficient (Wildman–Crippen LogP) is 0.588. The lowest BCUT2D eigenvalue weighted by molar-refractivity contribution is -0.150. The van der Waals surface area contributed by atoms with Crippen molar-refractivity contribution >= 4 is 47.2 Å². The molecule has 154 valence electrons. The third kappa shape index (κ3) is 4.85. The number of nitrogens with one attached hydrogen (secondary N) is 2. The number of carbonyl (C=O) groups excluding carboxylic acids is 3. The molecule has 1 aromatic rings. The topological polar surface area (TPSA) is 125 Å². The van der Waals surface area contributed by atoms with Gasteiger partial charge in [-0.2, -0.15) is 0 Å². The molecule has 1 fully saturated rings. The Morgan fingerprint density at radius 3 is 2.69 bits per heavy atom. The fraction of sp³-hybridized carbons (Fsp3) is 0.333. The van der Waals surface area contributed by atoms with Gasteiger partial charge in [0, 0.05) is 17.6 Å². The van der Waals surface area contributed by atoms with E-state index in [0.717, 1.165) is 0 Å². The minimum absolute atomic E-state index is 0.0971. The summed E-state index contributed by atoms with van der Waals surface area (Å²) in [5.74, 6) is -1.26. The molecule has 0 radical (unpaired) electrons. The lowest BCUT2D eigenvalue weighted by Crippen LogP contribution is -2.70. The zero-order chi connectivity index (χ0) is 21.0. The van der Waals surface area contributed by atoms with Gasteiger partial charge in [-0.1, -0.05) is 18.2 Å². The second-order valence-electron chi connectivity index (χ2n) is 6.16. The first-order valence-electron chi connectivity index (χ1n) is 8.64. The van der Waals surface area contributed by atoms with Crippen molar-refractivity contribution < 1.29 is 29.0 Å². The van der Waals surface area contributed by atoms with Crippen LogP contribution in [0.4, 0.5) is 0 Å². The van der Waals surface area contributed by atoms with E-state index < -0.39 is 29.2 Å². The van der Waals surface area contributed by atoms with E-state index in [0.29, 0.717) is 16.4 Å². The van der Waals surface area contributed by atoms with Gasteiger partial charge < -0.3 is 20.5 Å². The molecular weight excluding hydrogens is 418 g/mol. The highest BCUT2D eigenvalue weighted by atomic mass is 32.2. The van der Waals surface area contributed by atoms with Crippen molar-refractivity contribution in [3.63, 3.8) is 0 Å². The second-order valence-corrected chi connectivity index (χ2v) is 8.33. The van der Waals surface area contributed by atoms with E-state index in [-0.39, 0.29) is 24.1 Å². The van der Waals surface area contributed by atoms with Crippen LogP contribution in [0.15, 0.2) is 40.9 Å². The van der Waals surface area contributed by atoms with Gasteiger partial charge in [0.25, 0.3) is 11.8 Å². The van der Waals surface area contributed by atoms with Crippen LogP contribution in [0.25, 0.3) is 0 Å². The van der Waals surface area contributed by atoms with Crippen LogP contribution in [-0.2, 0) is 19.2 Å². The minimum Gasteiger partial charge on any atom is -0.484 e. The average Bonchev–Trinajstić information content (AvgIpc) is 2.70. The highest BCUT2D eigenvalue weighted by Gasteiger charge is 2.54. The molecule has 0 saturated carbocycles. The summed E-state index contributed by atoms with van der Waals surface area (Å²) in [6, 6.07) is 8.00. The maximum absolute atomic E-state index is 12.5. The smallest absolute Gasteiger partial charge is 0.353 e. The van der Waals surface area contributed by atoms with Crippen molar-refractivity contribution in [1.82, 2.24) is 15.5 Å². The van der Waals surface area contributed by atoms with E-state index in [2.05, 4.69) is 10.6 Å². The summed E-state index contributed by atoms with van der Waals surface area (Å²) < 4.78 is 5.36. The van der Waals surface area contributed by atoms with Crippen LogP contribution in [0.5, 0.6) is 5.75 Å². The first-order chi connectivity index (χ1) is 13.9. The molecule has 2 atom stereocenters. The van der Waals surface area contributed by atoms with E-state index in [1.54, 1.807) is 24.3 Å². The van der Waals surface area contributed by atoms with Gasteiger partial charge in [-0.25, -0.2) is 4.79 Å². The number of aliphatic carboxylic acids is 1. The van der Waals surface area contributed by atoms with Gasteiger partial charge in [0.15, 0.2) is 6.61 Å². The summed E-state index contributed by atoms with van der Waals surface area (Å²) in [5, 5.41) is 14.3. The molecule has 3 rings (SSSR count). The number of ether oxygens (including phenoxy) is 1. The van der Waals surface area contributed by atoms with Crippen molar-refractivity contribution in [2.24, 2.45) is 0 Å². The number of carboxylic acid groups (broad SMARTS) is 1. The Bertz CT molecular complexity index is 860. The number of carbonyl (C=O) groups is 4. The van der Waals surface area contributed by atoms with Gasteiger partial charge in [0.1, 0.15) is 22.9 Å². The Morgan fingerprint density at radius 2 is 2.03 bits per heavy atom. The molecular formula is C18H19N3O6S2. The highest BCUT2D eigenvalue weighted by Crippen LogP contribution is 2.43. The van der Waals surface area contributed by atoms with E-state index in [1.165, 1.54) is 35.3 Å². The molecule has 0 aromatic heterocycles. The SMILES string of the molecule is CC(=O)NCSC1=C(C(=O)O)N2C(=O)[C@@H](NC(=O)COc3ccccc3)[C@H]2SC1. The van der Waals surface area contributed by atoms with E-state index in [1.807, 2.05) is 6.07 Å². The molecule has 1 aromatic carbocycles. The summed E-state index contributed by atoms with van der Waals surface area (Å²) in [4.78, 5) is 49.1. The fourth-order valence-corrected chi connectivity index (χ4v) is 5.31. The molecule has 29 heavy (non-hydrogen) atoms. The Balaban J connectivity index is 1.60. The van der Waals surface area contributed by atoms with E-state index >= 15 is 0 Å². The van der Waals surface area contributed by atoms with Crippen molar-refractivity contribution in [3.8, 4) is 5.75 Å². The number of amides is 3. The number of nitrogens with zero attached hydrogens (tertiary/aromatic N) is 1. The molecule has 2 heterocycles. The Kier molecular flexibility index (Phi) is 6.70. The first kappa shape index (κ1) is 21.1. The number of hydrogen-bond donors (Lipinski definition) is 3. The van der Waals surface area contributed by atoms with Crippen LogP contribution in [0, 0.1) is 0 Å². The third-order valence-corrected chi connectivity index (χ3v) is 6.57. The fourth-order valence-electron chi connectivity index (χ4n) is 2.81. The maximum Gasteiger partial charge on any atom is 0.353 e. The first-order valence-corrected chi connectivity index (χ1v) is 10.7. The summed E-state index contributed by atoms with van der Waals surface area (Å²) in [7, 11) is 0. The number of benzene rings is 1. The summed E-state index contributed by atoms with van der Waals surface area (Å²) in [5.41, 5.74) is -0.0971.